The van der Waals surface area contributed by atoms with Gasteiger partial charge >= 0.3 is 5.97 Å². The number of aromatic nitrogens is 2. The van der Waals surface area contributed by atoms with Gasteiger partial charge < -0.3 is 9.67 Å². The van der Waals surface area contributed by atoms with E-state index in [1.165, 1.54) is 5.69 Å². The zero-order valence-corrected chi connectivity index (χ0v) is 8.94. The molecule has 0 aromatic carbocycles. The Morgan fingerprint density at radius 1 is 1.73 bits per heavy atom. The lowest BCUT2D eigenvalue weighted by atomic mass is 10.00. The van der Waals surface area contributed by atoms with E-state index in [1.54, 1.807) is 0 Å². The SMILES string of the molecule is CCc1ncc2n1C(CC(=O)O)CCC2. The van der Waals surface area contributed by atoms with Gasteiger partial charge in [-0.25, -0.2) is 4.98 Å². The van der Waals surface area contributed by atoms with Crippen molar-refractivity contribution in [1.29, 1.82) is 0 Å². The number of aliphatic carboxylic acids is 1. The highest BCUT2D eigenvalue weighted by Crippen LogP contribution is 2.29. The topological polar surface area (TPSA) is 55.1 Å². The van der Waals surface area contributed by atoms with E-state index in [1.807, 2.05) is 6.20 Å². The lowest BCUT2D eigenvalue weighted by molar-refractivity contribution is -0.138. The summed E-state index contributed by atoms with van der Waals surface area (Å²) in [5.74, 6) is 0.305. The highest BCUT2D eigenvalue weighted by Gasteiger charge is 2.24. The first kappa shape index (κ1) is 10.2. The number of carboxylic acid groups (broad SMARTS) is 1. The molecule has 1 aromatic rings. The first-order chi connectivity index (χ1) is 7.22. The monoisotopic (exact) mass is 208 g/mol. The number of fused-ring (bicyclic) bond motifs is 1. The first-order valence-electron chi connectivity index (χ1n) is 5.49. The molecule has 0 radical (unpaired) electrons. The molecule has 0 bridgehead atoms. The van der Waals surface area contributed by atoms with E-state index in [0.717, 1.165) is 31.5 Å². The maximum atomic E-state index is 10.8. The average molecular weight is 208 g/mol. The van der Waals surface area contributed by atoms with E-state index in [0.29, 0.717) is 0 Å². The van der Waals surface area contributed by atoms with Crippen LogP contribution in [0.25, 0.3) is 0 Å². The molecular formula is C11H16N2O2. The van der Waals surface area contributed by atoms with Crippen LogP contribution in [0.1, 0.15) is 43.7 Å². The summed E-state index contributed by atoms with van der Waals surface area (Å²) in [6.07, 6.45) is 6.05. The van der Waals surface area contributed by atoms with E-state index < -0.39 is 5.97 Å². The van der Waals surface area contributed by atoms with Crippen LogP contribution in [-0.2, 0) is 17.6 Å². The Bertz CT molecular complexity index is 357. The van der Waals surface area contributed by atoms with Crippen LogP contribution in [0.15, 0.2) is 6.20 Å². The fourth-order valence-corrected chi connectivity index (χ4v) is 2.37. The largest absolute Gasteiger partial charge is 0.481 e. The number of aryl methyl sites for hydroxylation is 2. The van der Waals surface area contributed by atoms with E-state index >= 15 is 0 Å². The molecule has 4 nitrogen and oxygen atoms in total. The standard InChI is InChI=1S/C11H16N2O2/c1-2-10-12-7-9-5-3-4-8(13(9)10)6-11(14)15/h7-8H,2-6H2,1H3,(H,14,15). The Labute approximate surface area is 88.9 Å². The lowest BCUT2D eigenvalue weighted by Gasteiger charge is -2.26. The molecule has 2 heterocycles. The Hall–Kier alpha value is -1.32. The van der Waals surface area contributed by atoms with Gasteiger partial charge in [0, 0.05) is 24.4 Å². The van der Waals surface area contributed by atoms with Gasteiger partial charge in [0.25, 0.3) is 0 Å². The smallest absolute Gasteiger partial charge is 0.305 e. The predicted molar refractivity (Wildman–Crippen MR) is 55.8 cm³/mol. The molecule has 82 valence electrons. The van der Waals surface area contributed by atoms with E-state index in [4.69, 9.17) is 5.11 Å². The third-order valence-electron chi connectivity index (χ3n) is 3.01. The summed E-state index contributed by atoms with van der Waals surface area (Å²) in [6.45, 7) is 2.06. The molecule has 0 saturated heterocycles. The van der Waals surface area contributed by atoms with Crippen molar-refractivity contribution in [2.75, 3.05) is 0 Å². The molecule has 1 atom stereocenters. The van der Waals surface area contributed by atoms with Crippen molar-refractivity contribution < 1.29 is 9.90 Å². The summed E-state index contributed by atoms with van der Waals surface area (Å²) in [4.78, 5) is 15.1. The molecule has 0 fully saturated rings. The second-order valence-corrected chi connectivity index (χ2v) is 4.03. The van der Waals surface area contributed by atoms with E-state index in [2.05, 4.69) is 16.5 Å². The molecule has 0 amide bonds. The minimum Gasteiger partial charge on any atom is -0.481 e. The molecule has 1 unspecified atom stereocenters. The van der Waals surface area contributed by atoms with Crippen LogP contribution in [0.2, 0.25) is 0 Å². The third kappa shape index (κ3) is 1.89. The molecule has 2 rings (SSSR count). The van der Waals surface area contributed by atoms with Crippen LogP contribution in [-0.4, -0.2) is 20.6 Å². The van der Waals surface area contributed by atoms with Crippen molar-refractivity contribution in [3.8, 4) is 0 Å². The molecule has 15 heavy (non-hydrogen) atoms. The number of hydrogen-bond acceptors (Lipinski definition) is 2. The van der Waals surface area contributed by atoms with Gasteiger partial charge in [-0.1, -0.05) is 6.92 Å². The molecule has 0 spiro atoms. The van der Waals surface area contributed by atoms with Crippen molar-refractivity contribution in [2.24, 2.45) is 0 Å². The van der Waals surface area contributed by atoms with Crippen molar-refractivity contribution in [3.63, 3.8) is 0 Å². The molecule has 0 saturated carbocycles. The van der Waals surface area contributed by atoms with Gasteiger partial charge in [-0.15, -0.1) is 0 Å². The second-order valence-electron chi connectivity index (χ2n) is 4.03. The normalized spacial score (nSPS) is 19.9. The van der Waals surface area contributed by atoms with E-state index in [9.17, 15) is 4.79 Å². The average Bonchev–Trinajstić information content (AvgIpc) is 2.61. The number of imidazole rings is 1. The molecule has 1 aromatic heterocycles. The number of hydrogen-bond donors (Lipinski definition) is 1. The summed E-state index contributed by atoms with van der Waals surface area (Å²) in [5, 5.41) is 8.86. The number of nitrogens with zero attached hydrogens (tertiary/aromatic N) is 2. The van der Waals surface area contributed by atoms with Crippen molar-refractivity contribution in [2.45, 2.75) is 45.1 Å². The predicted octanol–water partition coefficient (Wildman–Crippen LogP) is 1.80. The highest BCUT2D eigenvalue weighted by atomic mass is 16.4. The molecule has 1 N–H and O–H groups in total. The lowest BCUT2D eigenvalue weighted by Crippen LogP contribution is -2.22. The zero-order valence-electron chi connectivity index (χ0n) is 8.94. The van der Waals surface area contributed by atoms with Crippen LogP contribution in [0.3, 0.4) is 0 Å². The summed E-state index contributed by atoms with van der Waals surface area (Å²) in [5.41, 5.74) is 1.20. The van der Waals surface area contributed by atoms with Gasteiger partial charge in [0.15, 0.2) is 0 Å². The summed E-state index contributed by atoms with van der Waals surface area (Å²) >= 11 is 0. The van der Waals surface area contributed by atoms with Crippen LogP contribution < -0.4 is 0 Å². The van der Waals surface area contributed by atoms with Crippen LogP contribution >= 0.6 is 0 Å². The van der Waals surface area contributed by atoms with E-state index in [-0.39, 0.29) is 12.5 Å². The minimum absolute atomic E-state index is 0.115. The van der Waals surface area contributed by atoms with Crippen LogP contribution in [0, 0.1) is 0 Å². The van der Waals surface area contributed by atoms with Crippen LogP contribution in [0.4, 0.5) is 0 Å². The van der Waals surface area contributed by atoms with Crippen molar-refractivity contribution in [3.05, 3.63) is 17.7 Å². The number of rotatable bonds is 3. The molecule has 1 aliphatic heterocycles. The van der Waals surface area contributed by atoms with Gasteiger partial charge in [0.2, 0.25) is 0 Å². The molecule has 4 heteroatoms. The molecule has 1 aliphatic rings. The Balaban J connectivity index is 2.30. The van der Waals surface area contributed by atoms with Gasteiger partial charge in [-0.2, -0.15) is 0 Å². The van der Waals surface area contributed by atoms with Crippen LogP contribution in [0.5, 0.6) is 0 Å². The fraction of sp³-hybridized carbons (Fsp3) is 0.636. The zero-order chi connectivity index (χ0) is 10.8. The summed E-state index contributed by atoms with van der Waals surface area (Å²) < 4.78 is 2.14. The minimum atomic E-state index is -0.719. The summed E-state index contributed by atoms with van der Waals surface area (Å²) in [7, 11) is 0. The maximum absolute atomic E-state index is 10.8. The van der Waals surface area contributed by atoms with Gasteiger partial charge in [-0.05, 0) is 19.3 Å². The second kappa shape index (κ2) is 4.04. The Morgan fingerprint density at radius 2 is 2.53 bits per heavy atom. The highest BCUT2D eigenvalue weighted by molar-refractivity contribution is 5.67. The Morgan fingerprint density at radius 3 is 3.20 bits per heavy atom. The quantitative estimate of drug-likeness (QED) is 0.824. The number of carbonyl (C=O) groups is 1. The summed E-state index contributed by atoms with van der Waals surface area (Å²) in [6, 6.07) is 0.115. The van der Waals surface area contributed by atoms with Crippen molar-refractivity contribution in [1.82, 2.24) is 9.55 Å². The third-order valence-corrected chi connectivity index (χ3v) is 3.01. The number of carboxylic acids is 1. The first-order valence-corrected chi connectivity index (χ1v) is 5.49. The van der Waals surface area contributed by atoms with Gasteiger partial charge in [0.05, 0.1) is 6.42 Å². The van der Waals surface area contributed by atoms with Gasteiger partial charge in [-0.3, -0.25) is 4.79 Å². The Kier molecular flexibility index (Phi) is 2.75. The molecule has 0 aliphatic carbocycles. The fourth-order valence-electron chi connectivity index (χ4n) is 2.37. The maximum Gasteiger partial charge on any atom is 0.305 e. The van der Waals surface area contributed by atoms with Gasteiger partial charge in [0.1, 0.15) is 5.82 Å². The molecular weight excluding hydrogens is 192 g/mol. The van der Waals surface area contributed by atoms with Crippen molar-refractivity contribution >= 4 is 5.97 Å².